The molecule has 3 rings (SSSR count). The number of rotatable bonds is 8. The van der Waals surface area contributed by atoms with Crippen LogP contribution in [0.3, 0.4) is 0 Å². The molecule has 0 unspecified atom stereocenters. The fourth-order valence-corrected chi connectivity index (χ4v) is 3.91. The van der Waals surface area contributed by atoms with Crippen molar-refractivity contribution in [2.45, 2.75) is 13.3 Å². The van der Waals surface area contributed by atoms with E-state index in [4.69, 9.17) is 21.1 Å². The standard InChI is InChI=1S/C20H19ClFN3O4S2/c1-12-14(10-23-11-18(12)29-17-5-4-15(21)9-16(17)22)8-13-6-7-24-20(19(13)28-2)25-31(26,27)30-3/h4-7,9-11H,8H2,1-3H3,(H,24,25). The summed E-state index contributed by atoms with van der Waals surface area (Å²) in [5.41, 5.74) is 2.22. The lowest BCUT2D eigenvalue weighted by atomic mass is 10.0. The van der Waals surface area contributed by atoms with Crippen molar-refractivity contribution in [1.29, 1.82) is 0 Å². The van der Waals surface area contributed by atoms with Gasteiger partial charge in [-0.2, -0.15) is 8.42 Å². The highest BCUT2D eigenvalue weighted by molar-refractivity contribution is 8.72. The predicted molar refractivity (Wildman–Crippen MR) is 120 cm³/mol. The van der Waals surface area contributed by atoms with Gasteiger partial charge in [0.25, 0.3) is 9.06 Å². The van der Waals surface area contributed by atoms with Crippen LogP contribution in [-0.2, 0) is 15.5 Å². The maximum Gasteiger partial charge on any atom is 0.287 e. The summed E-state index contributed by atoms with van der Waals surface area (Å²) in [7, 11) is -1.51. The third-order valence-electron chi connectivity index (χ3n) is 4.40. The van der Waals surface area contributed by atoms with E-state index < -0.39 is 14.9 Å². The summed E-state index contributed by atoms with van der Waals surface area (Å²) in [5, 5.41) is 0.270. The Morgan fingerprint density at radius 3 is 2.65 bits per heavy atom. The van der Waals surface area contributed by atoms with Crippen LogP contribution in [0.1, 0.15) is 16.7 Å². The second kappa shape index (κ2) is 9.71. The molecule has 0 amide bonds. The molecule has 0 fully saturated rings. The number of hydrogen-bond acceptors (Lipinski definition) is 7. The van der Waals surface area contributed by atoms with Crippen molar-refractivity contribution < 1.29 is 22.3 Å². The van der Waals surface area contributed by atoms with Gasteiger partial charge in [-0.1, -0.05) is 11.6 Å². The van der Waals surface area contributed by atoms with E-state index in [0.717, 1.165) is 11.1 Å². The first kappa shape index (κ1) is 23.1. The number of hydrogen-bond donors (Lipinski definition) is 1. The SMILES string of the molecule is COc1c(Cc2cncc(Oc3ccc(Cl)cc3F)c2C)ccnc1NS(=O)(=O)SC. The van der Waals surface area contributed by atoms with E-state index in [1.165, 1.54) is 44.0 Å². The van der Waals surface area contributed by atoms with E-state index in [2.05, 4.69) is 14.7 Å². The third kappa shape index (κ3) is 5.57. The molecule has 0 radical (unpaired) electrons. The fourth-order valence-electron chi connectivity index (χ4n) is 2.80. The smallest absolute Gasteiger partial charge is 0.287 e. The zero-order valence-electron chi connectivity index (χ0n) is 16.8. The lowest BCUT2D eigenvalue weighted by Gasteiger charge is -2.16. The van der Waals surface area contributed by atoms with Crippen LogP contribution in [0.2, 0.25) is 5.02 Å². The molecule has 7 nitrogen and oxygen atoms in total. The minimum atomic E-state index is -3.60. The Morgan fingerprint density at radius 1 is 1.19 bits per heavy atom. The van der Waals surface area contributed by atoms with Gasteiger partial charge in [0.05, 0.1) is 13.3 Å². The Balaban J connectivity index is 1.92. The van der Waals surface area contributed by atoms with Crippen molar-refractivity contribution >= 4 is 37.3 Å². The van der Waals surface area contributed by atoms with E-state index in [0.29, 0.717) is 34.3 Å². The lowest BCUT2D eigenvalue weighted by molar-refractivity contribution is 0.411. The van der Waals surface area contributed by atoms with Gasteiger partial charge in [-0.25, -0.2) is 9.37 Å². The van der Waals surface area contributed by atoms with Crippen molar-refractivity contribution in [2.24, 2.45) is 0 Å². The summed E-state index contributed by atoms with van der Waals surface area (Å²) in [6, 6.07) is 5.87. The van der Waals surface area contributed by atoms with Gasteiger partial charge >= 0.3 is 0 Å². The Bertz CT molecular complexity index is 1210. The second-order valence-electron chi connectivity index (χ2n) is 6.35. The molecular formula is C20H19ClFN3O4S2. The molecule has 1 aromatic carbocycles. The first-order chi connectivity index (χ1) is 14.7. The number of nitrogens with zero attached hydrogens (tertiary/aromatic N) is 2. The number of pyridine rings is 2. The largest absolute Gasteiger partial charge is 0.493 e. The summed E-state index contributed by atoms with van der Waals surface area (Å²) in [6.45, 7) is 1.82. The Kier molecular flexibility index (Phi) is 7.24. The monoisotopic (exact) mass is 483 g/mol. The molecule has 0 bridgehead atoms. The van der Waals surface area contributed by atoms with E-state index >= 15 is 0 Å². The molecule has 164 valence electrons. The van der Waals surface area contributed by atoms with Gasteiger partial charge in [-0.3, -0.25) is 9.71 Å². The van der Waals surface area contributed by atoms with Crippen LogP contribution in [0.25, 0.3) is 0 Å². The molecule has 0 spiro atoms. The average molecular weight is 484 g/mol. The van der Waals surface area contributed by atoms with Gasteiger partial charge in [0, 0.05) is 29.4 Å². The first-order valence-corrected chi connectivity index (χ1v) is 12.5. The van der Waals surface area contributed by atoms with Crippen LogP contribution in [0, 0.1) is 12.7 Å². The van der Waals surface area contributed by atoms with E-state index in [1.54, 1.807) is 12.3 Å². The van der Waals surface area contributed by atoms with E-state index in [-0.39, 0.29) is 16.6 Å². The second-order valence-corrected chi connectivity index (χ2v) is 10.5. The molecule has 31 heavy (non-hydrogen) atoms. The number of anilines is 1. The van der Waals surface area contributed by atoms with Crippen LogP contribution in [-0.4, -0.2) is 31.8 Å². The molecule has 0 aliphatic rings. The molecule has 11 heteroatoms. The maximum absolute atomic E-state index is 14.1. The number of aromatic nitrogens is 2. The average Bonchev–Trinajstić information content (AvgIpc) is 2.73. The molecule has 0 saturated heterocycles. The van der Waals surface area contributed by atoms with Gasteiger partial charge in [-0.15, -0.1) is 0 Å². The molecule has 1 N–H and O–H groups in total. The summed E-state index contributed by atoms with van der Waals surface area (Å²) in [5.74, 6) is 0.223. The van der Waals surface area contributed by atoms with Gasteiger partial charge in [-0.05, 0) is 59.4 Å². The van der Waals surface area contributed by atoms with Crippen molar-refractivity contribution in [3.63, 3.8) is 0 Å². The van der Waals surface area contributed by atoms with Crippen molar-refractivity contribution in [2.75, 3.05) is 18.1 Å². The lowest BCUT2D eigenvalue weighted by Crippen LogP contribution is -2.11. The van der Waals surface area contributed by atoms with Crippen molar-refractivity contribution in [3.8, 4) is 17.2 Å². The Hall–Kier alpha value is -2.56. The van der Waals surface area contributed by atoms with Gasteiger partial charge in [0.1, 0.15) is 5.75 Å². The van der Waals surface area contributed by atoms with Crippen LogP contribution in [0.5, 0.6) is 17.2 Å². The van der Waals surface area contributed by atoms with Crippen LogP contribution >= 0.6 is 22.4 Å². The number of ether oxygens (including phenoxy) is 2. The van der Waals surface area contributed by atoms with Crippen molar-refractivity contribution in [3.05, 3.63) is 70.4 Å². The molecule has 0 aliphatic heterocycles. The quantitative estimate of drug-likeness (QED) is 0.451. The summed E-state index contributed by atoms with van der Waals surface area (Å²) >= 11 is 5.79. The number of nitrogens with one attached hydrogen (secondary N) is 1. The minimum Gasteiger partial charge on any atom is -0.493 e. The fraction of sp³-hybridized carbons (Fsp3) is 0.200. The highest BCUT2D eigenvalue weighted by Gasteiger charge is 2.18. The van der Waals surface area contributed by atoms with E-state index in [9.17, 15) is 12.8 Å². The van der Waals surface area contributed by atoms with E-state index in [1.807, 2.05) is 6.92 Å². The minimum absolute atomic E-state index is 0.0294. The molecule has 2 heterocycles. The van der Waals surface area contributed by atoms with Crippen LogP contribution in [0.4, 0.5) is 10.2 Å². The third-order valence-corrected chi connectivity index (χ3v) is 7.08. The number of benzene rings is 1. The van der Waals surface area contributed by atoms with Gasteiger partial charge in [0.2, 0.25) is 0 Å². The number of methoxy groups -OCH3 is 1. The van der Waals surface area contributed by atoms with Crippen LogP contribution in [0.15, 0.2) is 42.9 Å². The zero-order chi connectivity index (χ0) is 22.6. The molecule has 0 saturated carbocycles. The zero-order valence-corrected chi connectivity index (χ0v) is 19.2. The Morgan fingerprint density at radius 2 is 1.97 bits per heavy atom. The topological polar surface area (TPSA) is 90.4 Å². The van der Waals surface area contributed by atoms with Gasteiger partial charge < -0.3 is 9.47 Å². The highest BCUT2D eigenvalue weighted by atomic mass is 35.5. The number of halogens is 2. The summed E-state index contributed by atoms with van der Waals surface area (Å²) < 4.78 is 51.5. The van der Waals surface area contributed by atoms with Gasteiger partial charge in [0.15, 0.2) is 23.1 Å². The normalized spacial score (nSPS) is 11.3. The maximum atomic E-state index is 14.1. The van der Waals surface area contributed by atoms with Crippen LogP contribution < -0.4 is 14.2 Å². The Labute approximate surface area is 188 Å². The molecule has 0 aliphatic carbocycles. The summed E-state index contributed by atoms with van der Waals surface area (Å²) in [6.07, 6.45) is 6.45. The molecule has 2 aromatic heterocycles. The molecule has 3 aromatic rings. The highest BCUT2D eigenvalue weighted by Crippen LogP contribution is 2.33. The predicted octanol–water partition coefficient (Wildman–Crippen LogP) is 4.99. The summed E-state index contributed by atoms with van der Waals surface area (Å²) in [4.78, 5) is 8.27. The first-order valence-electron chi connectivity index (χ1n) is 8.90. The molecular weight excluding hydrogens is 465 g/mol. The van der Waals surface area contributed by atoms with Crippen molar-refractivity contribution in [1.82, 2.24) is 9.97 Å². The molecule has 0 atom stereocenters.